The van der Waals surface area contributed by atoms with Gasteiger partial charge in [-0.2, -0.15) is 5.10 Å². The summed E-state index contributed by atoms with van der Waals surface area (Å²) in [6.07, 6.45) is 0. The van der Waals surface area contributed by atoms with Crippen molar-refractivity contribution in [1.82, 2.24) is 35.4 Å². The summed E-state index contributed by atoms with van der Waals surface area (Å²) in [6.45, 7) is 8.74. The maximum absolute atomic E-state index is 12.5. The van der Waals surface area contributed by atoms with E-state index in [0.717, 1.165) is 17.0 Å². The molecular weight excluding hydrogens is 322 g/mol. The molecule has 0 saturated heterocycles. The maximum Gasteiger partial charge on any atom is 0.274 e. The minimum Gasteiger partial charge on any atom is -0.346 e. The van der Waals surface area contributed by atoms with E-state index in [1.165, 1.54) is 4.68 Å². The zero-order valence-corrected chi connectivity index (χ0v) is 15.1. The van der Waals surface area contributed by atoms with Gasteiger partial charge in [-0.05, 0) is 19.8 Å². The van der Waals surface area contributed by atoms with Crippen molar-refractivity contribution in [3.63, 3.8) is 0 Å². The Labute approximate surface area is 145 Å². The average Bonchev–Trinajstić information content (AvgIpc) is 3.08. The Hall–Kier alpha value is -2.71. The van der Waals surface area contributed by atoms with Crippen molar-refractivity contribution in [2.24, 2.45) is 13.0 Å². The monoisotopic (exact) mass is 345 g/mol. The highest BCUT2D eigenvalue weighted by Gasteiger charge is 2.33. The van der Waals surface area contributed by atoms with Crippen LogP contribution in [0.15, 0.2) is 0 Å². The van der Waals surface area contributed by atoms with E-state index >= 15 is 0 Å². The number of aryl methyl sites for hydroxylation is 2. The molecule has 2 aromatic rings. The number of nitrogens with zero attached hydrogens (tertiary/aromatic N) is 5. The first-order valence-corrected chi connectivity index (χ1v) is 8.31. The topological polar surface area (TPSA) is 107 Å². The highest BCUT2D eigenvalue weighted by molar-refractivity contribution is 6.05. The zero-order chi connectivity index (χ0) is 18.3. The Morgan fingerprint density at radius 1 is 1.40 bits per heavy atom. The number of hydrogen-bond donors (Lipinski definition) is 2. The molecule has 0 unspecified atom stereocenters. The number of nitrogens with one attached hydrogen (secondary N) is 2. The summed E-state index contributed by atoms with van der Waals surface area (Å²) in [5.74, 6) is -0.453. The number of carbonyl (C=O) groups excluding carboxylic acids is 2. The van der Waals surface area contributed by atoms with E-state index in [0.29, 0.717) is 13.1 Å². The molecule has 25 heavy (non-hydrogen) atoms. The van der Waals surface area contributed by atoms with Crippen LogP contribution in [-0.4, -0.2) is 42.6 Å². The number of carbonyl (C=O) groups is 2. The van der Waals surface area contributed by atoms with Crippen LogP contribution in [0.1, 0.15) is 51.8 Å². The van der Waals surface area contributed by atoms with Crippen LogP contribution in [-0.2, 0) is 20.1 Å². The molecule has 0 aliphatic carbocycles. The molecule has 0 fully saturated rings. The smallest absolute Gasteiger partial charge is 0.274 e. The highest BCUT2D eigenvalue weighted by Crippen LogP contribution is 2.16. The van der Waals surface area contributed by atoms with Gasteiger partial charge in [-0.15, -0.1) is 5.10 Å². The second kappa shape index (κ2) is 6.30. The molecule has 3 rings (SSSR count). The predicted octanol–water partition coefficient (Wildman–Crippen LogP) is 0.326. The van der Waals surface area contributed by atoms with Crippen LogP contribution >= 0.6 is 0 Å². The standard InChI is InChI=1S/C16H23N7O2/c1-8(2)12-7-23-14(16(25)18-12)13(19-21-23)15(24)17-6-11-9(3)20-22(5)10(11)4/h8,12H,6-7H2,1-5H3,(H,17,24)(H,18,25)/t12-/m1/s1. The quantitative estimate of drug-likeness (QED) is 0.830. The van der Waals surface area contributed by atoms with Gasteiger partial charge in [-0.1, -0.05) is 19.1 Å². The molecule has 3 heterocycles. The molecule has 0 saturated carbocycles. The maximum atomic E-state index is 12.5. The number of aromatic nitrogens is 5. The average molecular weight is 345 g/mol. The van der Waals surface area contributed by atoms with Gasteiger partial charge in [0, 0.05) is 24.8 Å². The summed E-state index contributed by atoms with van der Waals surface area (Å²) in [6, 6.07) is -0.0155. The normalized spacial score (nSPS) is 16.7. The lowest BCUT2D eigenvalue weighted by molar-refractivity contribution is 0.0861. The van der Waals surface area contributed by atoms with Crippen LogP contribution in [0.25, 0.3) is 0 Å². The fourth-order valence-electron chi connectivity index (χ4n) is 2.99. The van der Waals surface area contributed by atoms with E-state index in [4.69, 9.17) is 0 Å². The van der Waals surface area contributed by atoms with Gasteiger partial charge < -0.3 is 10.6 Å². The van der Waals surface area contributed by atoms with Crippen molar-refractivity contribution < 1.29 is 9.59 Å². The number of amides is 2. The Morgan fingerprint density at radius 3 is 2.72 bits per heavy atom. The van der Waals surface area contributed by atoms with E-state index in [-0.39, 0.29) is 29.3 Å². The fourth-order valence-corrected chi connectivity index (χ4v) is 2.99. The molecule has 0 radical (unpaired) electrons. The summed E-state index contributed by atoms with van der Waals surface area (Å²) in [7, 11) is 1.86. The number of fused-ring (bicyclic) bond motifs is 1. The minimum atomic E-state index is -0.415. The zero-order valence-electron chi connectivity index (χ0n) is 15.1. The van der Waals surface area contributed by atoms with Gasteiger partial charge in [0.1, 0.15) is 0 Å². The van der Waals surface area contributed by atoms with Gasteiger partial charge in [0.25, 0.3) is 11.8 Å². The predicted molar refractivity (Wildman–Crippen MR) is 90.0 cm³/mol. The largest absolute Gasteiger partial charge is 0.346 e. The van der Waals surface area contributed by atoms with E-state index in [2.05, 4.69) is 26.0 Å². The first kappa shape index (κ1) is 17.1. The van der Waals surface area contributed by atoms with Crippen LogP contribution in [0, 0.1) is 19.8 Å². The Morgan fingerprint density at radius 2 is 2.12 bits per heavy atom. The Kier molecular flexibility index (Phi) is 4.32. The summed E-state index contributed by atoms with van der Waals surface area (Å²) >= 11 is 0. The molecule has 2 N–H and O–H groups in total. The van der Waals surface area contributed by atoms with Gasteiger partial charge in [0.05, 0.1) is 18.3 Å². The van der Waals surface area contributed by atoms with E-state index in [1.807, 2.05) is 34.7 Å². The molecule has 1 atom stereocenters. The third-order valence-corrected chi connectivity index (χ3v) is 4.74. The molecule has 0 aromatic carbocycles. The van der Waals surface area contributed by atoms with Crippen molar-refractivity contribution in [2.45, 2.75) is 46.8 Å². The van der Waals surface area contributed by atoms with Gasteiger partial charge in [0.15, 0.2) is 11.4 Å². The lowest BCUT2D eigenvalue weighted by Crippen LogP contribution is -2.48. The number of hydrogen-bond acceptors (Lipinski definition) is 5. The van der Waals surface area contributed by atoms with Crippen molar-refractivity contribution in [3.8, 4) is 0 Å². The first-order chi connectivity index (χ1) is 11.8. The molecule has 134 valence electrons. The summed E-state index contributed by atoms with van der Waals surface area (Å²) in [5, 5.41) is 18.0. The van der Waals surface area contributed by atoms with Crippen molar-refractivity contribution in [2.75, 3.05) is 0 Å². The van der Waals surface area contributed by atoms with E-state index in [9.17, 15) is 9.59 Å². The van der Waals surface area contributed by atoms with Crippen molar-refractivity contribution >= 4 is 11.8 Å². The van der Waals surface area contributed by atoms with Crippen LogP contribution < -0.4 is 10.6 Å². The third kappa shape index (κ3) is 3.01. The SMILES string of the molecule is Cc1nn(C)c(C)c1CNC(=O)c1nnn2c1C(=O)N[C@@H](C(C)C)C2. The molecule has 0 bridgehead atoms. The van der Waals surface area contributed by atoms with E-state index < -0.39 is 5.91 Å². The lowest BCUT2D eigenvalue weighted by Gasteiger charge is -2.27. The summed E-state index contributed by atoms with van der Waals surface area (Å²) in [4.78, 5) is 24.9. The van der Waals surface area contributed by atoms with Crippen LogP contribution in [0.2, 0.25) is 0 Å². The molecule has 9 nitrogen and oxygen atoms in total. The molecule has 2 amide bonds. The highest BCUT2D eigenvalue weighted by atomic mass is 16.2. The van der Waals surface area contributed by atoms with Crippen LogP contribution in [0.4, 0.5) is 0 Å². The molecule has 1 aliphatic rings. The summed E-state index contributed by atoms with van der Waals surface area (Å²) < 4.78 is 3.29. The second-order valence-corrected chi connectivity index (χ2v) is 6.75. The van der Waals surface area contributed by atoms with Gasteiger partial charge >= 0.3 is 0 Å². The second-order valence-electron chi connectivity index (χ2n) is 6.75. The van der Waals surface area contributed by atoms with Gasteiger partial charge in [-0.25, -0.2) is 4.68 Å². The Balaban J connectivity index is 1.77. The number of rotatable bonds is 4. The van der Waals surface area contributed by atoms with Crippen LogP contribution in [0.3, 0.4) is 0 Å². The fraction of sp³-hybridized carbons (Fsp3) is 0.562. The van der Waals surface area contributed by atoms with Crippen molar-refractivity contribution in [1.29, 1.82) is 0 Å². The first-order valence-electron chi connectivity index (χ1n) is 8.31. The Bertz CT molecular complexity index is 834. The molecule has 0 spiro atoms. The molecular formula is C16H23N7O2. The van der Waals surface area contributed by atoms with E-state index in [1.54, 1.807) is 4.68 Å². The van der Waals surface area contributed by atoms with Crippen LogP contribution in [0.5, 0.6) is 0 Å². The van der Waals surface area contributed by atoms with Gasteiger partial charge in [-0.3, -0.25) is 14.3 Å². The third-order valence-electron chi connectivity index (χ3n) is 4.74. The minimum absolute atomic E-state index is 0.0155. The summed E-state index contributed by atoms with van der Waals surface area (Å²) in [5.41, 5.74) is 3.08. The van der Waals surface area contributed by atoms with Gasteiger partial charge in [0.2, 0.25) is 0 Å². The molecule has 9 heteroatoms. The molecule has 1 aliphatic heterocycles. The van der Waals surface area contributed by atoms with Crippen molar-refractivity contribution in [3.05, 3.63) is 28.3 Å². The lowest BCUT2D eigenvalue weighted by atomic mass is 10.0. The molecule has 2 aromatic heterocycles.